The van der Waals surface area contributed by atoms with E-state index in [0.29, 0.717) is 11.3 Å². The number of carboxylic acids is 1. The Morgan fingerprint density at radius 2 is 2.12 bits per heavy atom. The minimum Gasteiger partial charge on any atom is -0.476 e. The third kappa shape index (κ3) is 2.88. The smallest absolute Gasteiger partial charge is 0.357 e. The number of carbonyl (C=O) groups is 1. The maximum atomic E-state index is 13.3. The molecular formula is C15H13ClFN5O2. The molecule has 0 radical (unpaired) electrons. The van der Waals surface area contributed by atoms with Gasteiger partial charge in [-0.3, -0.25) is 4.68 Å². The number of nitrogens with zero attached hydrogens (tertiary/aromatic N) is 5. The second kappa shape index (κ2) is 6.04. The predicted molar refractivity (Wildman–Crippen MR) is 84.4 cm³/mol. The number of carboxylic acid groups (broad SMARTS) is 1. The van der Waals surface area contributed by atoms with Gasteiger partial charge in [0.05, 0.1) is 22.8 Å². The van der Waals surface area contributed by atoms with Crippen LogP contribution in [0.3, 0.4) is 0 Å². The normalized spacial score (nSPS) is 12.3. The fourth-order valence-electron chi connectivity index (χ4n) is 2.35. The third-order valence-corrected chi connectivity index (χ3v) is 3.93. The molecular weight excluding hydrogens is 337 g/mol. The lowest BCUT2D eigenvalue weighted by Crippen LogP contribution is -2.07. The van der Waals surface area contributed by atoms with Crippen molar-refractivity contribution in [2.75, 3.05) is 0 Å². The molecule has 1 aromatic carbocycles. The van der Waals surface area contributed by atoms with Gasteiger partial charge < -0.3 is 5.11 Å². The van der Waals surface area contributed by atoms with Crippen LogP contribution in [0.5, 0.6) is 0 Å². The molecule has 124 valence electrons. The molecule has 0 spiro atoms. The van der Waals surface area contributed by atoms with Crippen molar-refractivity contribution in [1.82, 2.24) is 24.8 Å². The highest BCUT2D eigenvalue weighted by atomic mass is 35.5. The predicted octanol–water partition coefficient (Wildman–Crippen LogP) is 2.78. The van der Waals surface area contributed by atoms with Crippen LogP contribution in [0.1, 0.15) is 29.0 Å². The van der Waals surface area contributed by atoms with Crippen molar-refractivity contribution in [3.8, 4) is 11.3 Å². The van der Waals surface area contributed by atoms with E-state index in [1.165, 1.54) is 16.8 Å². The zero-order valence-corrected chi connectivity index (χ0v) is 13.6. The molecule has 0 saturated carbocycles. The average Bonchev–Trinajstić information content (AvgIpc) is 3.15. The summed E-state index contributed by atoms with van der Waals surface area (Å²) in [7, 11) is 1.63. The van der Waals surface area contributed by atoms with Crippen LogP contribution in [-0.4, -0.2) is 35.9 Å². The zero-order chi connectivity index (χ0) is 17.4. The lowest BCUT2D eigenvalue weighted by atomic mass is 10.1. The summed E-state index contributed by atoms with van der Waals surface area (Å²) in [6.07, 6.45) is 3.18. The van der Waals surface area contributed by atoms with Gasteiger partial charge in [-0.25, -0.2) is 13.9 Å². The molecule has 0 aliphatic carbocycles. The summed E-state index contributed by atoms with van der Waals surface area (Å²) in [5, 5.41) is 21.2. The van der Waals surface area contributed by atoms with E-state index >= 15 is 0 Å². The van der Waals surface area contributed by atoms with Gasteiger partial charge in [0.15, 0.2) is 5.69 Å². The van der Waals surface area contributed by atoms with Crippen LogP contribution in [0.25, 0.3) is 11.3 Å². The summed E-state index contributed by atoms with van der Waals surface area (Å²) in [4.78, 5) is 11.3. The largest absolute Gasteiger partial charge is 0.476 e. The first kappa shape index (κ1) is 16.1. The van der Waals surface area contributed by atoms with Gasteiger partial charge >= 0.3 is 5.97 Å². The molecule has 24 heavy (non-hydrogen) atoms. The van der Waals surface area contributed by atoms with Crippen molar-refractivity contribution in [3.05, 3.63) is 52.7 Å². The highest BCUT2D eigenvalue weighted by molar-refractivity contribution is 6.30. The first-order chi connectivity index (χ1) is 11.4. The van der Waals surface area contributed by atoms with Gasteiger partial charge in [-0.15, -0.1) is 5.10 Å². The number of hydrogen-bond donors (Lipinski definition) is 1. The minimum absolute atomic E-state index is 0.0279. The highest BCUT2D eigenvalue weighted by Gasteiger charge is 2.20. The third-order valence-electron chi connectivity index (χ3n) is 3.64. The number of aromatic carboxylic acids is 1. The Morgan fingerprint density at radius 3 is 2.79 bits per heavy atom. The molecule has 0 fully saturated rings. The van der Waals surface area contributed by atoms with Crippen LogP contribution in [0.15, 0.2) is 30.6 Å². The fraction of sp³-hybridized carbons (Fsp3) is 0.200. The Kier molecular flexibility index (Phi) is 4.06. The van der Waals surface area contributed by atoms with Crippen LogP contribution in [0.2, 0.25) is 5.02 Å². The Labute approximate surface area is 141 Å². The van der Waals surface area contributed by atoms with Crippen molar-refractivity contribution < 1.29 is 14.3 Å². The van der Waals surface area contributed by atoms with E-state index in [2.05, 4.69) is 15.4 Å². The van der Waals surface area contributed by atoms with E-state index in [9.17, 15) is 14.3 Å². The Bertz CT molecular complexity index is 920. The van der Waals surface area contributed by atoms with Gasteiger partial charge in [-0.2, -0.15) is 5.10 Å². The lowest BCUT2D eigenvalue weighted by Gasteiger charge is -2.12. The van der Waals surface area contributed by atoms with Gasteiger partial charge in [0.25, 0.3) is 0 Å². The van der Waals surface area contributed by atoms with E-state index in [0.717, 1.165) is 5.56 Å². The first-order valence-electron chi connectivity index (χ1n) is 7.01. The average molecular weight is 350 g/mol. The number of halogens is 2. The molecule has 7 nitrogen and oxygen atoms in total. The van der Waals surface area contributed by atoms with Crippen LogP contribution < -0.4 is 0 Å². The molecule has 3 aromatic rings. The summed E-state index contributed by atoms with van der Waals surface area (Å²) in [5.41, 5.74) is 1.42. The van der Waals surface area contributed by atoms with Gasteiger partial charge in [-0.1, -0.05) is 22.9 Å². The summed E-state index contributed by atoms with van der Waals surface area (Å²) in [6, 6.07) is 4.17. The number of benzene rings is 1. The molecule has 1 unspecified atom stereocenters. The van der Waals surface area contributed by atoms with Crippen molar-refractivity contribution in [2.24, 2.45) is 7.05 Å². The molecule has 2 aromatic heterocycles. The number of aryl methyl sites for hydroxylation is 1. The second-order valence-corrected chi connectivity index (χ2v) is 5.71. The number of aromatic nitrogens is 5. The van der Waals surface area contributed by atoms with Gasteiger partial charge in [-0.05, 0) is 24.6 Å². The van der Waals surface area contributed by atoms with Crippen molar-refractivity contribution in [3.63, 3.8) is 0 Å². The zero-order valence-electron chi connectivity index (χ0n) is 12.8. The number of hydrogen-bond acceptors (Lipinski definition) is 4. The molecule has 0 bridgehead atoms. The fourth-order valence-corrected chi connectivity index (χ4v) is 2.54. The molecule has 0 amide bonds. The first-order valence-corrected chi connectivity index (χ1v) is 7.38. The molecule has 0 saturated heterocycles. The summed E-state index contributed by atoms with van der Waals surface area (Å²) in [6.45, 7) is 1.85. The molecule has 0 aliphatic rings. The summed E-state index contributed by atoms with van der Waals surface area (Å²) in [5.74, 6) is -1.63. The van der Waals surface area contributed by atoms with Crippen LogP contribution >= 0.6 is 11.6 Å². The lowest BCUT2D eigenvalue weighted by molar-refractivity contribution is 0.0690. The quantitative estimate of drug-likeness (QED) is 0.782. The monoisotopic (exact) mass is 349 g/mol. The second-order valence-electron chi connectivity index (χ2n) is 5.30. The molecule has 1 atom stereocenters. The van der Waals surface area contributed by atoms with E-state index in [-0.39, 0.29) is 16.8 Å². The van der Waals surface area contributed by atoms with Gasteiger partial charge in [0, 0.05) is 13.2 Å². The van der Waals surface area contributed by atoms with Crippen molar-refractivity contribution in [1.29, 1.82) is 0 Å². The Morgan fingerprint density at radius 1 is 1.38 bits per heavy atom. The van der Waals surface area contributed by atoms with Crippen LogP contribution in [0, 0.1) is 5.82 Å². The van der Waals surface area contributed by atoms with E-state index in [1.807, 2.05) is 6.92 Å². The maximum Gasteiger partial charge on any atom is 0.357 e. The van der Waals surface area contributed by atoms with Gasteiger partial charge in [0.2, 0.25) is 0 Å². The van der Waals surface area contributed by atoms with Gasteiger partial charge in [0.1, 0.15) is 11.5 Å². The number of rotatable bonds is 4. The SMILES string of the molecule is CC(c1ccc(F)c(Cl)c1)n1cc(-c2cn(C)nc2C(=O)O)nn1. The van der Waals surface area contributed by atoms with Crippen molar-refractivity contribution >= 4 is 17.6 Å². The molecule has 0 aliphatic heterocycles. The van der Waals surface area contributed by atoms with E-state index < -0.39 is 11.8 Å². The molecule has 1 N–H and O–H groups in total. The van der Waals surface area contributed by atoms with E-state index in [1.54, 1.807) is 30.2 Å². The maximum absolute atomic E-state index is 13.3. The molecule has 3 rings (SSSR count). The topological polar surface area (TPSA) is 85.8 Å². The Hall–Kier alpha value is -2.74. The van der Waals surface area contributed by atoms with Crippen LogP contribution in [-0.2, 0) is 7.05 Å². The summed E-state index contributed by atoms with van der Waals surface area (Å²) < 4.78 is 16.2. The highest BCUT2D eigenvalue weighted by Crippen LogP contribution is 2.25. The Balaban J connectivity index is 1.96. The summed E-state index contributed by atoms with van der Waals surface area (Å²) >= 11 is 5.81. The van der Waals surface area contributed by atoms with E-state index in [4.69, 9.17) is 11.6 Å². The molecule has 9 heteroatoms. The van der Waals surface area contributed by atoms with Crippen molar-refractivity contribution in [2.45, 2.75) is 13.0 Å². The standard InChI is InChI=1S/C15H13ClFN5O2/c1-8(9-3-4-12(17)11(16)5-9)22-7-13(18-20-22)10-6-21(2)19-14(10)15(23)24/h3-8H,1-2H3,(H,23,24). The van der Waals surface area contributed by atoms with Crippen LogP contribution in [0.4, 0.5) is 4.39 Å². The molecule has 2 heterocycles. The minimum atomic E-state index is -1.14.